The van der Waals surface area contributed by atoms with Gasteiger partial charge in [-0.1, -0.05) is 13.3 Å². The highest BCUT2D eigenvalue weighted by Crippen LogP contribution is 2.29. The van der Waals surface area contributed by atoms with Gasteiger partial charge in [-0.05, 0) is 24.6 Å². The van der Waals surface area contributed by atoms with E-state index in [4.69, 9.17) is 8.83 Å². The number of fused-ring (bicyclic) bond motifs is 2. The summed E-state index contributed by atoms with van der Waals surface area (Å²) in [6, 6.07) is 7.16. The first kappa shape index (κ1) is 10.1. The van der Waals surface area contributed by atoms with Crippen LogP contribution in [0.15, 0.2) is 44.2 Å². The number of furan rings is 1. The van der Waals surface area contributed by atoms with Gasteiger partial charge in [0.2, 0.25) is 0 Å². The summed E-state index contributed by atoms with van der Waals surface area (Å²) in [7, 11) is 0. The monoisotopic (exact) mass is 228 g/mol. The molecule has 86 valence electrons. The van der Waals surface area contributed by atoms with Gasteiger partial charge in [0.05, 0.1) is 6.26 Å². The second kappa shape index (κ2) is 3.77. The van der Waals surface area contributed by atoms with Gasteiger partial charge in [0, 0.05) is 22.4 Å². The van der Waals surface area contributed by atoms with Crippen LogP contribution >= 0.6 is 0 Å². The molecule has 3 nitrogen and oxygen atoms in total. The Bertz CT molecular complexity index is 734. The Morgan fingerprint density at radius 3 is 2.76 bits per heavy atom. The third-order valence-corrected chi connectivity index (χ3v) is 2.92. The summed E-state index contributed by atoms with van der Waals surface area (Å²) in [5.41, 5.74) is 2.15. The summed E-state index contributed by atoms with van der Waals surface area (Å²) < 4.78 is 10.8. The van der Waals surface area contributed by atoms with Crippen molar-refractivity contribution in [1.29, 1.82) is 0 Å². The molecule has 2 heterocycles. The molecule has 2 aromatic heterocycles. The average Bonchev–Trinajstić information content (AvgIpc) is 2.77. The van der Waals surface area contributed by atoms with Crippen molar-refractivity contribution in [2.24, 2.45) is 0 Å². The van der Waals surface area contributed by atoms with E-state index in [1.54, 1.807) is 12.3 Å². The third-order valence-electron chi connectivity index (χ3n) is 2.92. The van der Waals surface area contributed by atoms with Crippen molar-refractivity contribution < 1.29 is 8.83 Å². The molecule has 3 aromatic rings. The normalized spacial score (nSPS) is 11.4. The van der Waals surface area contributed by atoms with Crippen LogP contribution in [-0.4, -0.2) is 0 Å². The molecular formula is C14H12O3. The molecule has 0 amide bonds. The summed E-state index contributed by atoms with van der Waals surface area (Å²) in [5.74, 6) is 0. The van der Waals surface area contributed by atoms with Gasteiger partial charge >= 0.3 is 5.63 Å². The van der Waals surface area contributed by atoms with E-state index < -0.39 is 0 Å². The number of benzene rings is 1. The van der Waals surface area contributed by atoms with Gasteiger partial charge in [-0.3, -0.25) is 0 Å². The van der Waals surface area contributed by atoms with Crippen molar-refractivity contribution in [2.45, 2.75) is 19.8 Å². The van der Waals surface area contributed by atoms with Crippen LogP contribution in [0, 0.1) is 0 Å². The zero-order chi connectivity index (χ0) is 11.8. The van der Waals surface area contributed by atoms with E-state index in [1.165, 1.54) is 6.07 Å². The molecule has 0 atom stereocenters. The molecular weight excluding hydrogens is 216 g/mol. The minimum Gasteiger partial charge on any atom is -0.464 e. The Morgan fingerprint density at radius 1 is 1.12 bits per heavy atom. The lowest BCUT2D eigenvalue weighted by atomic mass is 10.0. The molecule has 17 heavy (non-hydrogen) atoms. The Morgan fingerprint density at radius 2 is 1.94 bits per heavy atom. The van der Waals surface area contributed by atoms with Crippen molar-refractivity contribution in [3.63, 3.8) is 0 Å². The molecule has 1 aromatic carbocycles. The summed E-state index contributed by atoms with van der Waals surface area (Å²) in [4.78, 5) is 11.3. The second-order valence-electron chi connectivity index (χ2n) is 4.12. The third kappa shape index (κ3) is 1.55. The lowest BCUT2D eigenvalue weighted by Crippen LogP contribution is -1.97. The molecule has 0 spiro atoms. The summed E-state index contributed by atoms with van der Waals surface area (Å²) in [6.45, 7) is 2.09. The predicted octanol–water partition coefficient (Wildman–Crippen LogP) is 3.49. The number of hydrogen-bond acceptors (Lipinski definition) is 3. The van der Waals surface area contributed by atoms with Gasteiger partial charge in [0.25, 0.3) is 0 Å². The van der Waals surface area contributed by atoms with Gasteiger partial charge in [-0.2, -0.15) is 0 Å². The first-order chi connectivity index (χ1) is 8.29. The number of aryl methyl sites for hydroxylation is 1. The molecule has 0 fully saturated rings. The minimum atomic E-state index is -0.319. The van der Waals surface area contributed by atoms with Crippen LogP contribution in [0.1, 0.15) is 18.9 Å². The van der Waals surface area contributed by atoms with Crippen molar-refractivity contribution >= 4 is 21.9 Å². The van der Waals surface area contributed by atoms with Gasteiger partial charge < -0.3 is 8.83 Å². The van der Waals surface area contributed by atoms with Crippen LogP contribution in [0.25, 0.3) is 21.9 Å². The predicted molar refractivity (Wildman–Crippen MR) is 66.3 cm³/mol. The van der Waals surface area contributed by atoms with E-state index in [2.05, 4.69) is 6.92 Å². The molecule has 0 saturated carbocycles. The molecule has 3 rings (SSSR count). The molecule has 3 heteroatoms. The van der Waals surface area contributed by atoms with E-state index in [1.807, 2.05) is 12.1 Å². The molecule has 0 aliphatic rings. The van der Waals surface area contributed by atoms with E-state index >= 15 is 0 Å². The van der Waals surface area contributed by atoms with Crippen molar-refractivity contribution in [1.82, 2.24) is 0 Å². The lowest BCUT2D eigenvalue weighted by molar-refractivity contribution is 0.553. The Kier molecular flexibility index (Phi) is 2.25. The van der Waals surface area contributed by atoms with Crippen molar-refractivity contribution in [3.8, 4) is 0 Å². The fraction of sp³-hybridized carbons (Fsp3) is 0.214. The van der Waals surface area contributed by atoms with E-state index in [0.29, 0.717) is 5.58 Å². The highest BCUT2D eigenvalue weighted by atomic mass is 16.4. The molecule has 0 N–H and O–H groups in total. The van der Waals surface area contributed by atoms with Gasteiger partial charge in [0.1, 0.15) is 11.2 Å². The average molecular weight is 228 g/mol. The summed E-state index contributed by atoms with van der Waals surface area (Å²) in [5, 5.41) is 2.00. The Hall–Kier alpha value is -2.03. The number of rotatable bonds is 2. The van der Waals surface area contributed by atoms with E-state index in [-0.39, 0.29) is 5.63 Å². The zero-order valence-electron chi connectivity index (χ0n) is 9.53. The standard InChI is InChI=1S/C14H12O3/c1-2-3-11-13-10(6-7-16-13)8-9-4-5-12(15)17-14(9)11/h4-8H,2-3H2,1H3. The van der Waals surface area contributed by atoms with Gasteiger partial charge in [0.15, 0.2) is 0 Å². The van der Waals surface area contributed by atoms with Crippen LogP contribution in [-0.2, 0) is 6.42 Å². The topological polar surface area (TPSA) is 43.4 Å². The molecule has 0 bridgehead atoms. The Balaban J connectivity index is 2.49. The smallest absolute Gasteiger partial charge is 0.336 e. The van der Waals surface area contributed by atoms with Crippen LogP contribution in [0.4, 0.5) is 0 Å². The highest BCUT2D eigenvalue weighted by molar-refractivity contribution is 5.96. The van der Waals surface area contributed by atoms with Crippen LogP contribution in [0.3, 0.4) is 0 Å². The largest absolute Gasteiger partial charge is 0.464 e. The van der Waals surface area contributed by atoms with Crippen molar-refractivity contribution in [2.75, 3.05) is 0 Å². The molecule has 0 radical (unpaired) electrons. The fourth-order valence-corrected chi connectivity index (χ4v) is 2.20. The SMILES string of the molecule is CCCc1c2occc2cc2ccc(=O)oc12. The van der Waals surface area contributed by atoms with Gasteiger partial charge in [-0.15, -0.1) is 0 Å². The summed E-state index contributed by atoms with van der Waals surface area (Å²) >= 11 is 0. The van der Waals surface area contributed by atoms with Crippen LogP contribution < -0.4 is 5.63 Å². The lowest BCUT2D eigenvalue weighted by Gasteiger charge is -2.04. The highest BCUT2D eigenvalue weighted by Gasteiger charge is 2.11. The van der Waals surface area contributed by atoms with E-state index in [0.717, 1.165) is 34.8 Å². The summed E-state index contributed by atoms with van der Waals surface area (Å²) in [6.07, 6.45) is 3.49. The number of hydrogen-bond donors (Lipinski definition) is 0. The molecule has 0 unspecified atom stereocenters. The first-order valence-corrected chi connectivity index (χ1v) is 5.72. The maximum absolute atomic E-state index is 11.3. The molecule has 0 aliphatic carbocycles. The molecule has 0 aliphatic heterocycles. The first-order valence-electron chi connectivity index (χ1n) is 5.72. The van der Waals surface area contributed by atoms with E-state index in [9.17, 15) is 4.79 Å². The quantitative estimate of drug-likeness (QED) is 0.630. The van der Waals surface area contributed by atoms with Gasteiger partial charge in [-0.25, -0.2) is 4.79 Å². The Labute approximate surface area is 97.7 Å². The molecule has 0 saturated heterocycles. The minimum absolute atomic E-state index is 0.319. The zero-order valence-corrected chi connectivity index (χ0v) is 9.53. The van der Waals surface area contributed by atoms with Crippen molar-refractivity contribution in [3.05, 3.63) is 46.5 Å². The maximum atomic E-state index is 11.3. The second-order valence-corrected chi connectivity index (χ2v) is 4.12. The maximum Gasteiger partial charge on any atom is 0.336 e. The van der Waals surface area contributed by atoms with Crippen LogP contribution in [0.2, 0.25) is 0 Å². The fourth-order valence-electron chi connectivity index (χ4n) is 2.20. The van der Waals surface area contributed by atoms with Crippen LogP contribution in [0.5, 0.6) is 0 Å².